The van der Waals surface area contributed by atoms with E-state index in [2.05, 4.69) is 23.8 Å². The molecule has 100 valence electrons. The molecule has 2 rings (SSSR count). The van der Waals surface area contributed by atoms with Gasteiger partial charge >= 0.3 is 0 Å². The first-order valence-electron chi connectivity index (χ1n) is 6.29. The van der Waals surface area contributed by atoms with Gasteiger partial charge < -0.3 is 4.74 Å². The third kappa shape index (κ3) is 2.84. The van der Waals surface area contributed by atoms with Crippen molar-refractivity contribution in [3.8, 4) is 16.3 Å². The van der Waals surface area contributed by atoms with E-state index in [1.165, 1.54) is 0 Å². The van der Waals surface area contributed by atoms with E-state index in [1.807, 2.05) is 30.6 Å². The highest BCUT2D eigenvalue weighted by Crippen LogP contribution is 2.38. The Morgan fingerprint density at radius 1 is 1.42 bits per heavy atom. The highest BCUT2D eigenvalue weighted by molar-refractivity contribution is 7.13. The van der Waals surface area contributed by atoms with Crippen LogP contribution >= 0.6 is 11.3 Å². The second kappa shape index (κ2) is 5.97. The third-order valence-electron chi connectivity index (χ3n) is 3.09. The van der Waals surface area contributed by atoms with Crippen molar-refractivity contribution < 1.29 is 4.74 Å². The van der Waals surface area contributed by atoms with E-state index in [-0.39, 0.29) is 0 Å². The van der Waals surface area contributed by atoms with Gasteiger partial charge in [-0.3, -0.25) is 4.99 Å². The number of rotatable bonds is 4. The summed E-state index contributed by atoms with van der Waals surface area (Å²) in [4.78, 5) is 9.06. The Morgan fingerprint density at radius 3 is 2.79 bits per heavy atom. The van der Waals surface area contributed by atoms with E-state index >= 15 is 0 Å². The minimum absolute atomic E-state index is 0.811. The minimum atomic E-state index is 0.811. The molecule has 0 atom stereocenters. The van der Waals surface area contributed by atoms with Crippen LogP contribution in [0.1, 0.15) is 25.8 Å². The topological polar surface area (TPSA) is 34.5 Å². The van der Waals surface area contributed by atoms with Gasteiger partial charge in [-0.1, -0.05) is 6.92 Å². The Kier molecular flexibility index (Phi) is 4.32. The number of hydrogen-bond donors (Lipinski definition) is 0. The van der Waals surface area contributed by atoms with Gasteiger partial charge in [0.25, 0.3) is 0 Å². The SMILES string of the molecule is CCC(C)=Nc1c(OC)ccc(-c2nccs2)c1C. The first kappa shape index (κ1) is 13.7. The van der Waals surface area contributed by atoms with Crippen LogP contribution in [0.25, 0.3) is 10.6 Å². The zero-order valence-corrected chi connectivity index (χ0v) is 12.5. The minimum Gasteiger partial charge on any atom is -0.494 e. The second-order valence-corrected chi connectivity index (χ2v) is 5.22. The molecule has 0 aliphatic heterocycles. The largest absolute Gasteiger partial charge is 0.494 e. The van der Waals surface area contributed by atoms with Crippen LogP contribution in [-0.4, -0.2) is 17.8 Å². The Labute approximate surface area is 118 Å². The molecule has 3 nitrogen and oxygen atoms in total. The van der Waals surface area contributed by atoms with E-state index in [4.69, 9.17) is 4.74 Å². The summed E-state index contributed by atoms with van der Waals surface area (Å²) < 4.78 is 5.42. The normalized spacial score (nSPS) is 11.7. The van der Waals surface area contributed by atoms with Crippen molar-refractivity contribution in [3.63, 3.8) is 0 Å². The van der Waals surface area contributed by atoms with Crippen molar-refractivity contribution in [1.82, 2.24) is 4.98 Å². The van der Waals surface area contributed by atoms with Crippen molar-refractivity contribution >= 4 is 22.7 Å². The summed E-state index contributed by atoms with van der Waals surface area (Å²) in [6.45, 7) is 6.21. The van der Waals surface area contributed by atoms with E-state index in [0.717, 1.165) is 39.7 Å². The number of aliphatic imine (C=N–C) groups is 1. The average Bonchev–Trinajstić information content (AvgIpc) is 2.94. The molecule has 0 N–H and O–H groups in total. The second-order valence-electron chi connectivity index (χ2n) is 4.33. The fourth-order valence-electron chi connectivity index (χ4n) is 1.84. The molecule has 1 aromatic carbocycles. The monoisotopic (exact) mass is 274 g/mol. The lowest BCUT2D eigenvalue weighted by atomic mass is 10.1. The molecule has 0 radical (unpaired) electrons. The van der Waals surface area contributed by atoms with Crippen LogP contribution in [0.5, 0.6) is 5.75 Å². The maximum Gasteiger partial charge on any atom is 0.144 e. The fourth-order valence-corrected chi connectivity index (χ4v) is 2.56. The smallest absolute Gasteiger partial charge is 0.144 e. The molecule has 0 spiro atoms. The standard InChI is InChI=1S/C15H18N2OS/c1-5-10(2)17-14-11(3)12(6-7-13(14)18-4)15-16-8-9-19-15/h6-9H,5H2,1-4H3. The first-order chi connectivity index (χ1) is 9.17. The van der Waals surface area contributed by atoms with Crippen LogP contribution in [0.3, 0.4) is 0 Å². The number of aromatic nitrogens is 1. The quantitative estimate of drug-likeness (QED) is 0.762. The maximum absolute atomic E-state index is 5.42. The van der Waals surface area contributed by atoms with Crippen LogP contribution in [0.15, 0.2) is 28.7 Å². The van der Waals surface area contributed by atoms with Crippen molar-refractivity contribution in [2.24, 2.45) is 4.99 Å². The lowest BCUT2D eigenvalue weighted by molar-refractivity contribution is 0.416. The lowest BCUT2D eigenvalue weighted by Gasteiger charge is -2.11. The van der Waals surface area contributed by atoms with Gasteiger partial charge in [0.2, 0.25) is 0 Å². The molecule has 0 aliphatic rings. The van der Waals surface area contributed by atoms with Crippen LogP contribution in [0.2, 0.25) is 0 Å². The molecular weight excluding hydrogens is 256 g/mol. The summed E-state index contributed by atoms with van der Waals surface area (Å²) in [5.41, 5.74) is 4.24. The number of thiazole rings is 1. The molecule has 0 saturated carbocycles. The average molecular weight is 274 g/mol. The molecule has 0 saturated heterocycles. The van der Waals surface area contributed by atoms with Gasteiger partial charge in [0.15, 0.2) is 0 Å². The lowest BCUT2D eigenvalue weighted by Crippen LogP contribution is -1.92. The number of hydrogen-bond acceptors (Lipinski definition) is 4. The van der Waals surface area contributed by atoms with Crippen LogP contribution in [0.4, 0.5) is 5.69 Å². The molecule has 1 heterocycles. The van der Waals surface area contributed by atoms with E-state index in [0.29, 0.717) is 0 Å². The molecule has 0 bridgehead atoms. The highest BCUT2D eigenvalue weighted by atomic mass is 32.1. The van der Waals surface area contributed by atoms with E-state index < -0.39 is 0 Å². The Morgan fingerprint density at radius 2 is 2.21 bits per heavy atom. The van der Waals surface area contributed by atoms with Crippen molar-refractivity contribution in [1.29, 1.82) is 0 Å². The maximum atomic E-state index is 5.42. The summed E-state index contributed by atoms with van der Waals surface area (Å²) in [5, 5.41) is 3.00. The Hall–Kier alpha value is -1.68. The van der Waals surface area contributed by atoms with Gasteiger partial charge in [0.1, 0.15) is 16.4 Å². The number of ether oxygens (including phenoxy) is 1. The summed E-state index contributed by atoms with van der Waals surface area (Å²) in [5.74, 6) is 0.811. The summed E-state index contributed by atoms with van der Waals surface area (Å²) in [6, 6.07) is 4.01. The first-order valence-corrected chi connectivity index (χ1v) is 7.17. The van der Waals surface area contributed by atoms with Gasteiger partial charge in [0, 0.05) is 22.9 Å². The summed E-state index contributed by atoms with van der Waals surface area (Å²) in [6.07, 6.45) is 2.76. The van der Waals surface area contributed by atoms with Crippen molar-refractivity contribution in [2.75, 3.05) is 7.11 Å². The third-order valence-corrected chi connectivity index (χ3v) is 3.90. The van der Waals surface area contributed by atoms with Gasteiger partial charge in [-0.15, -0.1) is 11.3 Å². The summed E-state index contributed by atoms with van der Waals surface area (Å²) in [7, 11) is 1.68. The molecule has 0 unspecified atom stereocenters. The molecule has 4 heteroatoms. The van der Waals surface area contributed by atoms with Gasteiger partial charge in [0.05, 0.1) is 7.11 Å². The highest BCUT2D eigenvalue weighted by Gasteiger charge is 2.13. The van der Waals surface area contributed by atoms with Crippen LogP contribution < -0.4 is 4.74 Å². The number of benzene rings is 1. The molecule has 0 amide bonds. The Bertz CT molecular complexity index is 588. The van der Waals surface area contributed by atoms with Gasteiger partial charge in [-0.2, -0.15) is 0 Å². The predicted molar refractivity (Wildman–Crippen MR) is 81.9 cm³/mol. The Balaban J connectivity index is 2.59. The number of methoxy groups -OCH3 is 1. The van der Waals surface area contributed by atoms with Gasteiger partial charge in [-0.05, 0) is 38.0 Å². The molecule has 1 aromatic heterocycles. The van der Waals surface area contributed by atoms with Crippen LogP contribution in [-0.2, 0) is 0 Å². The fraction of sp³-hybridized carbons (Fsp3) is 0.333. The molecule has 19 heavy (non-hydrogen) atoms. The van der Waals surface area contributed by atoms with Crippen molar-refractivity contribution in [3.05, 3.63) is 29.3 Å². The van der Waals surface area contributed by atoms with E-state index in [9.17, 15) is 0 Å². The van der Waals surface area contributed by atoms with Gasteiger partial charge in [-0.25, -0.2) is 4.98 Å². The molecule has 0 fully saturated rings. The van der Waals surface area contributed by atoms with Crippen LogP contribution in [0, 0.1) is 6.92 Å². The predicted octanol–water partition coefficient (Wildman–Crippen LogP) is 4.63. The van der Waals surface area contributed by atoms with E-state index in [1.54, 1.807) is 18.4 Å². The molecular formula is C15H18N2OS. The zero-order valence-electron chi connectivity index (χ0n) is 11.7. The molecule has 2 aromatic rings. The van der Waals surface area contributed by atoms with Crippen molar-refractivity contribution in [2.45, 2.75) is 27.2 Å². The summed E-state index contributed by atoms with van der Waals surface area (Å²) >= 11 is 1.64. The number of nitrogens with zero attached hydrogens (tertiary/aromatic N) is 2. The molecule has 0 aliphatic carbocycles. The zero-order chi connectivity index (χ0) is 13.8.